The number of fused-ring (bicyclic) bond motifs is 6. The van der Waals surface area contributed by atoms with E-state index in [-0.39, 0.29) is 23.8 Å². The number of carbonyl (C=O) groups excluding carboxylic acids is 3. The predicted molar refractivity (Wildman–Crippen MR) is 424 cm³/mol. The third-order valence-corrected chi connectivity index (χ3v) is 21.8. The SMILES string of the molecule is CCCCCC1CC2CCC(C1)N2CCCn1cc(C(=O)NCC(C)C)c2cccc(OC)c21.COc1cccc2c(C(=O)NCC(C)C)cn(CCCN3CCC(Oc4ccccc4Cl)CC3)c12.COc1cccc2c(C(=O)NCc3cccc(C)c3)cn(CCCNC3Cc4ccccc4C3)c12. The van der Waals surface area contributed by atoms with Crippen molar-refractivity contribution in [3.8, 4) is 23.0 Å². The molecule has 17 heteroatoms. The van der Waals surface area contributed by atoms with E-state index < -0.39 is 0 Å². The molecule has 13 rings (SSSR count). The third-order valence-electron chi connectivity index (χ3n) is 21.5. The number of halogens is 1. The maximum absolute atomic E-state index is 13.2. The lowest BCUT2D eigenvalue weighted by atomic mass is 9.86. The van der Waals surface area contributed by atoms with Gasteiger partial charge in [0.1, 0.15) is 29.1 Å². The number of rotatable bonds is 31. The minimum absolute atomic E-state index is 0.00823. The van der Waals surface area contributed by atoms with Gasteiger partial charge in [-0.3, -0.25) is 19.3 Å². The summed E-state index contributed by atoms with van der Waals surface area (Å²) in [7, 11) is 5.08. The summed E-state index contributed by atoms with van der Waals surface area (Å²) in [4.78, 5) is 44.3. The van der Waals surface area contributed by atoms with Crippen LogP contribution in [-0.2, 0) is 39.0 Å². The number of amides is 3. The molecule has 16 nitrogen and oxygen atoms in total. The van der Waals surface area contributed by atoms with E-state index in [1.165, 1.54) is 68.1 Å². The van der Waals surface area contributed by atoms with Crippen LogP contribution in [0.3, 0.4) is 0 Å². The van der Waals surface area contributed by atoms with Gasteiger partial charge in [0.05, 0.1) is 59.6 Å². The largest absolute Gasteiger partial charge is 0.495 e. The highest BCUT2D eigenvalue weighted by Crippen LogP contribution is 2.41. The number of unbranched alkanes of at least 4 members (excludes halogenated alkanes) is 2. The molecule has 2 atom stereocenters. The summed E-state index contributed by atoms with van der Waals surface area (Å²) in [6.45, 7) is 22.3. The van der Waals surface area contributed by atoms with E-state index >= 15 is 0 Å². The smallest absolute Gasteiger partial charge is 0.253 e. The van der Waals surface area contributed by atoms with Crippen LogP contribution >= 0.6 is 11.6 Å². The number of nitrogens with one attached hydrogen (secondary N) is 4. The summed E-state index contributed by atoms with van der Waals surface area (Å²) in [5, 5.41) is 16.5. The van der Waals surface area contributed by atoms with Crippen LogP contribution in [0.1, 0.15) is 171 Å². The molecule has 2 unspecified atom stereocenters. The van der Waals surface area contributed by atoms with E-state index in [1.807, 2.05) is 110 Å². The van der Waals surface area contributed by atoms with E-state index in [0.717, 1.165) is 182 Å². The van der Waals surface area contributed by atoms with E-state index in [9.17, 15) is 14.4 Å². The van der Waals surface area contributed by atoms with Gasteiger partial charge in [0.15, 0.2) is 0 Å². The maximum atomic E-state index is 13.2. The zero-order valence-electron chi connectivity index (χ0n) is 63.3. The molecular weight excluding hydrogens is 1320 g/mol. The lowest BCUT2D eigenvalue weighted by Crippen LogP contribution is -2.43. The molecule has 1 aliphatic carbocycles. The van der Waals surface area contributed by atoms with Crippen LogP contribution < -0.4 is 40.2 Å². The molecule has 3 aliphatic heterocycles. The van der Waals surface area contributed by atoms with Crippen molar-refractivity contribution < 1.29 is 33.3 Å². The summed E-state index contributed by atoms with van der Waals surface area (Å²) >= 11 is 6.24. The molecule has 4 aliphatic rings. The second-order valence-corrected chi connectivity index (χ2v) is 30.5. The number of methoxy groups -OCH3 is 3. The molecule has 104 heavy (non-hydrogen) atoms. The number of likely N-dealkylation sites (tertiary alicyclic amines) is 1. The van der Waals surface area contributed by atoms with Crippen molar-refractivity contribution in [1.82, 2.24) is 44.8 Å². The van der Waals surface area contributed by atoms with Gasteiger partial charge in [-0.15, -0.1) is 0 Å². The molecule has 556 valence electrons. The van der Waals surface area contributed by atoms with Crippen LogP contribution in [0.4, 0.5) is 0 Å². The first-order valence-electron chi connectivity index (χ1n) is 38.7. The molecule has 0 spiro atoms. The van der Waals surface area contributed by atoms with Crippen molar-refractivity contribution in [3.63, 3.8) is 0 Å². The van der Waals surface area contributed by atoms with Gasteiger partial charge in [0, 0.05) is 112 Å². The molecular formula is C87H114ClN9O7. The highest BCUT2D eigenvalue weighted by molar-refractivity contribution is 6.32. The molecule has 0 radical (unpaired) electrons. The number of aromatic nitrogens is 3. The molecule has 3 amide bonds. The van der Waals surface area contributed by atoms with Crippen LogP contribution in [0.15, 0.2) is 146 Å². The number of ether oxygens (including phenoxy) is 4. The molecule has 3 saturated heterocycles. The summed E-state index contributed by atoms with van der Waals surface area (Å²) in [6.07, 6.45) is 24.6. The van der Waals surface area contributed by atoms with Crippen molar-refractivity contribution in [2.75, 3.05) is 67.1 Å². The Kier molecular flexibility index (Phi) is 27.8. The number of hydrogen-bond acceptors (Lipinski definition) is 10. The minimum Gasteiger partial charge on any atom is -0.495 e. The number of piperidine rings is 2. The molecule has 3 aromatic heterocycles. The first kappa shape index (κ1) is 76.8. The van der Waals surface area contributed by atoms with Crippen LogP contribution in [0.25, 0.3) is 32.7 Å². The van der Waals surface area contributed by atoms with E-state index in [0.29, 0.717) is 53.7 Å². The van der Waals surface area contributed by atoms with Crippen molar-refractivity contribution in [3.05, 3.63) is 190 Å². The number of benzene rings is 6. The number of carbonyl (C=O) groups is 3. The summed E-state index contributed by atoms with van der Waals surface area (Å²) in [5.74, 6) is 4.89. The lowest BCUT2D eigenvalue weighted by molar-refractivity contribution is 0.0942. The molecule has 6 aromatic carbocycles. The van der Waals surface area contributed by atoms with Crippen LogP contribution in [0.2, 0.25) is 5.02 Å². The quantitative estimate of drug-likeness (QED) is 0.0308. The topological polar surface area (TPSA) is 158 Å². The van der Waals surface area contributed by atoms with Gasteiger partial charge >= 0.3 is 0 Å². The maximum Gasteiger partial charge on any atom is 0.253 e. The fourth-order valence-electron chi connectivity index (χ4n) is 16.2. The Hall–Kier alpha value is -8.28. The molecule has 6 heterocycles. The van der Waals surface area contributed by atoms with Crippen LogP contribution in [0, 0.1) is 24.7 Å². The minimum atomic E-state index is -0.0645. The van der Waals surface area contributed by atoms with E-state index in [1.54, 1.807) is 21.3 Å². The van der Waals surface area contributed by atoms with Gasteiger partial charge in [-0.25, -0.2) is 0 Å². The van der Waals surface area contributed by atoms with Crippen molar-refractivity contribution in [2.24, 2.45) is 17.8 Å². The average Bonchev–Trinajstić information content (AvgIpc) is 1.64. The lowest BCUT2D eigenvalue weighted by Gasteiger charge is -2.39. The van der Waals surface area contributed by atoms with Gasteiger partial charge in [-0.2, -0.15) is 0 Å². The molecule has 0 saturated carbocycles. The fourth-order valence-corrected chi connectivity index (χ4v) is 16.4. The van der Waals surface area contributed by atoms with Gasteiger partial charge < -0.3 is 58.8 Å². The highest BCUT2D eigenvalue weighted by atomic mass is 35.5. The van der Waals surface area contributed by atoms with Gasteiger partial charge in [0.25, 0.3) is 17.7 Å². The Bertz CT molecular complexity index is 4240. The Balaban J connectivity index is 0.000000156. The summed E-state index contributed by atoms with van der Waals surface area (Å²) < 4.78 is 29.7. The van der Waals surface area contributed by atoms with Crippen molar-refractivity contribution in [2.45, 2.75) is 188 Å². The fraction of sp³-hybridized carbons (Fsp3) is 0.483. The second-order valence-electron chi connectivity index (χ2n) is 30.1. The number of nitrogens with zero attached hydrogens (tertiary/aromatic N) is 5. The normalized spacial score (nSPS) is 16.9. The average molecular weight is 1430 g/mol. The Morgan fingerprint density at radius 3 is 1.51 bits per heavy atom. The monoisotopic (exact) mass is 1430 g/mol. The number of aryl methyl sites for hydroxylation is 4. The Morgan fingerprint density at radius 1 is 0.529 bits per heavy atom. The van der Waals surface area contributed by atoms with Gasteiger partial charge in [0.2, 0.25) is 0 Å². The van der Waals surface area contributed by atoms with E-state index in [2.05, 4.69) is 123 Å². The van der Waals surface area contributed by atoms with Crippen molar-refractivity contribution >= 4 is 62.0 Å². The van der Waals surface area contributed by atoms with Crippen LogP contribution in [0.5, 0.6) is 23.0 Å². The Morgan fingerprint density at radius 2 is 1.01 bits per heavy atom. The molecule has 2 bridgehead atoms. The standard InChI is InChI=1S/C30H33N3O2.C29H45N3O2.C28H36ClN3O3/c1-21-8-5-9-22(16-21)19-32-30(34)27-20-33(29-26(27)12-6-13-28(29)35-2)15-7-14-31-25-17-23-10-3-4-11-24(23)18-25;1-5-6-7-10-22-17-23-13-14-24(18-22)32(23)16-9-15-31-20-26(29(33)30-19-21(2)3)25-11-8-12-27(34-4)28(25)31;1-20(2)18-30-28(33)23-19-32(27-22(23)8-6-11-26(27)34-3)15-7-14-31-16-12-21(13-17-31)35-25-10-5-4-9-24(25)29/h3-6,8-13,16,20,25,31H,7,14-15,17-19H2,1-2H3,(H,32,34);8,11-12,20-24H,5-7,9-10,13-19H2,1-4H3,(H,30,33);4-6,8-11,19-21H,7,12-18H2,1-3H3,(H,30,33). The first-order chi connectivity index (χ1) is 50.6. The van der Waals surface area contributed by atoms with E-state index in [4.69, 9.17) is 30.5 Å². The number of hydrogen-bond donors (Lipinski definition) is 4. The van der Waals surface area contributed by atoms with Gasteiger partial charge in [-0.1, -0.05) is 175 Å². The second kappa shape index (κ2) is 37.6. The predicted octanol–water partition coefficient (Wildman–Crippen LogP) is 16.9. The summed E-state index contributed by atoms with van der Waals surface area (Å²) in [5.41, 5.74) is 10.4. The Labute approximate surface area is 622 Å². The molecule has 3 fully saturated rings. The summed E-state index contributed by atoms with van der Waals surface area (Å²) in [6, 6.07) is 44.5. The van der Waals surface area contributed by atoms with Gasteiger partial charge in [-0.05, 0) is 155 Å². The zero-order valence-corrected chi connectivity index (χ0v) is 64.0. The highest BCUT2D eigenvalue weighted by Gasteiger charge is 2.40. The molecule has 4 N–H and O–H groups in total. The molecule has 9 aromatic rings. The number of para-hydroxylation sites is 4. The van der Waals surface area contributed by atoms with Crippen molar-refractivity contribution in [1.29, 1.82) is 0 Å². The van der Waals surface area contributed by atoms with Crippen LogP contribution in [-0.4, -0.2) is 133 Å². The zero-order chi connectivity index (χ0) is 73.1. The third kappa shape index (κ3) is 19.8. The first-order valence-corrected chi connectivity index (χ1v) is 39.0.